The molecule has 0 N–H and O–H groups in total. The van der Waals surface area contributed by atoms with Gasteiger partial charge in [0, 0.05) is 0 Å². The Morgan fingerprint density at radius 2 is 2.00 bits per heavy atom. The van der Waals surface area contributed by atoms with Crippen LogP contribution in [0.4, 0.5) is 0 Å². The molecule has 2 atom stereocenters. The summed E-state index contributed by atoms with van der Waals surface area (Å²) in [5, 5.41) is 0. The summed E-state index contributed by atoms with van der Waals surface area (Å²) < 4.78 is 0. The average molecular weight is 266 g/mol. The third-order valence-electron chi connectivity index (χ3n) is 6.15. The van der Waals surface area contributed by atoms with Gasteiger partial charge in [0.2, 0.25) is 0 Å². The molecule has 106 valence electrons. The van der Waals surface area contributed by atoms with Crippen LogP contribution in [-0.2, 0) is 18.3 Å². The van der Waals surface area contributed by atoms with Gasteiger partial charge >= 0.3 is 0 Å². The summed E-state index contributed by atoms with van der Waals surface area (Å²) in [5.74, 6) is 0.957. The van der Waals surface area contributed by atoms with Gasteiger partial charge in [0.25, 0.3) is 0 Å². The van der Waals surface area contributed by atoms with Crippen LogP contribution in [0.2, 0.25) is 0 Å². The number of rotatable bonds is 0. The molecule has 1 fully saturated rings. The normalized spacial score (nSPS) is 31.6. The Kier molecular flexibility index (Phi) is 2.53. The maximum absolute atomic E-state index is 2.53. The minimum Gasteiger partial charge on any atom is -0.0850 e. The zero-order chi connectivity index (χ0) is 14.0. The minimum atomic E-state index is 0.279. The van der Waals surface area contributed by atoms with Gasteiger partial charge in [-0.3, -0.25) is 0 Å². The van der Waals surface area contributed by atoms with Gasteiger partial charge in [0.1, 0.15) is 0 Å². The van der Waals surface area contributed by atoms with Crippen LogP contribution in [0.25, 0.3) is 0 Å². The van der Waals surface area contributed by atoms with Crippen molar-refractivity contribution in [3.63, 3.8) is 0 Å². The number of allylic oxidation sites excluding steroid dienone is 2. The zero-order valence-electron chi connectivity index (χ0n) is 13.1. The van der Waals surface area contributed by atoms with Crippen molar-refractivity contribution < 1.29 is 0 Å². The molecule has 1 aromatic rings. The number of benzene rings is 1. The molecule has 4 rings (SSSR count). The maximum atomic E-state index is 2.53. The molecule has 0 aromatic heterocycles. The lowest BCUT2D eigenvalue weighted by atomic mass is 9.62. The topological polar surface area (TPSA) is 0 Å². The summed E-state index contributed by atoms with van der Waals surface area (Å²) in [4.78, 5) is 0. The third kappa shape index (κ3) is 1.73. The molecular formula is C20H26. The maximum Gasteiger partial charge on any atom is -0.0129 e. The average Bonchev–Trinajstić information content (AvgIpc) is 2.97. The Hall–Kier alpha value is -1.04. The van der Waals surface area contributed by atoms with Gasteiger partial charge in [-0.1, -0.05) is 50.6 Å². The molecule has 2 bridgehead atoms. The van der Waals surface area contributed by atoms with Crippen LogP contribution in [0.15, 0.2) is 29.8 Å². The highest BCUT2D eigenvalue weighted by Gasteiger charge is 2.48. The molecule has 1 spiro atoms. The predicted molar refractivity (Wildman–Crippen MR) is 85.0 cm³/mol. The summed E-state index contributed by atoms with van der Waals surface area (Å²) in [5.41, 5.74) is 7.62. The first-order chi connectivity index (χ1) is 9.48. The Morgan fingerprint density at radius 1 is 1.15 bits per heavy atom. The van der Waals surface area contributed by atoms with Crippen molar-refractivity contribution in [2.75, 3.05) is 0 Å². The van der Waals surface area contributed by atoms with Gasteiger partial charge in [-0.2, -0.15) is 0 Å². The van der Waals surface area contributed by atoms with E-state index in [0.29, 0.717) is 5.41 Å². The van der Waals surface area contributed by atoms with Crippen molar-refractivity contribution in [1.82, 2.24) is 0 Å². The summed E-state index contributed by atoms with van der Waals surface area (Å²) >= 11 is 0. The van der Waals surface area contributed by atoms with Crippen LogP contribution in [-0.4, -0.2) is 0 Å². The molecule has 2 unspecified atom stereocenters. The van der Waals surface area contributed by atoms with E-state index in [9.17, 15) is 0 Å². The van der Waals surface area contributed by atoms with E-state index in [0.717, 1.165) is 5.92 Å². The van der Waals surface area contributed by atoms with Crippen molar-refractivity contribution in [3.05, 3.63) is 46.5 Å². The van der Waals surface area contributed by atoms with Crippen molar-refractivity contribution in [2.45, 2.75) is 64.7 Å². The van der Waals surface area contributed by atoms with Gasteiger partial charge in [-0.15, -0.1) is 0 Å². The van der Waals surface area contributed by atoms with Crippen LogP contribution in [0, 0.1) is 11.3 Å². The molecule has 0 heterocycles. The molecule has 1 aromatic carbocycles. The Labute approximate surface area is 123 Å². The summed E-state index contributed by atoms with van der Waals surface area (Å²) in [6, 6.07) is 7.04. The molecule has 3 aliphatic rings. The van der Waals surface area contributed by atoms with Crippen molar-refractivity contribution >= 4 is 0 Å². The standard InChI is InChI=1S/C20H26/c1-19(2,3)18-6-4-5-15-9-10-20(13-17(15)18)12-14-7-8-16(20)11-14/h4-7,16H,8-13H2,1-3H3. The smallest absolute Gasteiger partial charge is 0.0129 e. The van der Waals surface area contributed by atoms with Crippen molar-refractivity contribution in [3.8, 4) is 0 Å². The Balaban J connectivity index is 1.77. The minimum absolute atomic E-state index is 0.279. The second-order valence-corrected chi connectivity index (χ2v) is 8.41. The van der Waals surface area contributed by atoms with Crippen LogP contribution in [0.5, 0.6) is 0 Å². The molecule has 0 heteroatoms. The lowest BCUT2D eigenvalue weighted by Crippen LogP contribution is -2.34. The van der Waals surface area contributed by atoms with Crippen LogP contribution in [0.1, 0.15) is 63.1 Å². The summed E-state index contributed by atoms with van der Waals surface area (Å²) in [7, 11) is 0. The van der Waals surface area contributed by atoms with E-state index in [-0.39, 0.29) is 5.41 Å². The first-order valence-corrected chi connectivity index (χ1v) is 8.27. The SMILES string of the molecule is CC(C)(C)c1cccc2c1CC1(CC2)CC2=CCC1C2. The number of hydrogen-bond donors (Lipinski definition) is 0. The summed E-state index contributed by atoms with van der Waals surface area (Å²) in [6.45, 7) is 7.10. The lowest BCUT2D eigenvalue weighted by molar-refractivity contribution is 0.167. The van der Waals surface area contributed by atoms with E-state index in [1.54, 1.807) is 22.3 Å². The fourth-order valence-electron chi connectivity index (χ4n) is 5.10. The second kappa shape index (κ2) is 4.00. The van der Waals surface area contributed by atoms with Crippen molar-refractivity contribution in [2.24, 2.45) is 11.3 Å². The van der Waals surface area contributed by atoms with Gasteiger partial charge < -0.3 is 0 Å². The Bertz CT molecular complexity index is 585. The molecule has 0 nitrogen and oxygen atoms in total. The zero-order valence-corrected chi connectivity index (χ0v) is 13.1. The lowest BCUT2D eigenvalue weighted by Gasteiger charge is -2.42. The highest BCUT2D eigenvalue weighted by molar-refractivity contribution is 5.43. The molecule has 0 radical (unpaired) electrons. The molecule has 1 saturated carbocycles. The fraction of sp³-hybridized carbons (Fsp3) is 0.600. The molecular weight excluding hydrogens is 240 g/mol. The van der Waals surface area contributed by atoms with Gasteiger partial charge in [-0.25, -0.2) is 0 Å². The molecule has 3 aliphatic carbocycles. The van der Waals surface area contributed by atoms with E-state index in [2.05, 4.69) is 45.0 Å². The van der Waals surface area contributed by atoms with Crippen LogP contribution < -0.4 is 0 Å². The van der Waals surface area contributed by atoms with Crippen LogP contribution in [0.3, 0.4) is 0 Å². The van der Waals surface area contributed by atoms with E-state index < -0.39 is 0 Å². The third-order valence-corrected chi connectivity index (χ3v) is 6.15. The van der Waals surface area contributed by atoms with Gasteiger partial charge in [-0.05, 0) is 72.0 Å². The molecule has 0 amide bonds. The highest BCUT2D eigenvalue weighted by Crippen LogP contribution is 2.58. The first-order valence-electron chi connectivity index (χ1n) is 8.27. The van der Waals surface area contributed by atoms with Crippen molar-refractivity contribution in [1.29, 1.82) is 0 Å². The Morgan fingerprint density at radius 3 is 2.65 bits per heavy atom. The van der Waals surface area contributed by atoms with E-state index >= 15 is 0 Å². The molecule has 0 aliphatic heterocycles. The van der Waals surface area contributed by atoms with E-state index in [1.807, 2.05) is 0 Å². The molecule has 20 heavy (non-hydrogen) atoms. The monoisotopic (exact) mass is 266 g/mol. The first kappa shape index (κ1) is 12.7. The quantitative estimate of drug-likeness (QED) is 0.566. The number of fused-ring (bicyclic) bond motifs is 4. The fourth-order valence-corrected chi connectivity index (χ4v) is 5.10. The number of aryl methyl sites for hydroxylation is 1. The van der Waals surface area contributed by atoms with Crippen LogP contribution >= 0.6 is 0 Å². The number of hydrogen-bond acceptors (Lipinski definition) is 0. The largest absolute Gasteiger partial charge is 0.0850 e. The van der Waals surface area contributed by atoms with E-state index in [1.165, 1.54) is 38.5 Å². The predicted octanol–water partition coefficient (Wildman–Crippen LogP) is 5.20. The molecule has 0 saturated heterocycles. The highest BCUT2D eigenvalue weighted by atomic mass is 14.5. The second-order valence-electron chi connectivity index (χ2n) is 8.41. The van der Waals surface area contributed by atoms with Gasteiger partial charge in [0.05, 0.1) is 0 Å². The summed E-state index contributed by atoms with van der Waals surface area (Å²) in [6.07, 6.45) is 10.8. The van der Waals surface area contributed by atoms with Gasteiger partial charge in [0.15, 0.2) is 0 Å². The van der Waals surface area contributed by atoms with E-state index in [4.69, 9.17) is 0 Å².